The summed E-state index contributed by atoms with van der Waals surface area (Å²) in [6, 6.07) is 0. The third-order valence-corrected chi connectivity index (χ3v) is 7.82. The van der Waals surface area contributed by atoms with E-state index in [2.05, 4.69) is 20.8 Å². The minimum Gasteiger partial charge on any atom is -0.481 e. The van der Waals surface area contributed by atoms with Crippen molar-refractivity contribution in [2.45, 2.75) is 199 Å². The van der Waals surface area contributed by atoms with Crippen molar-refractivity contribution in [2.75, 3.05) is 13.2 Å². The van der Waals surface area contributed by atoms with Crippen LogP contribution in [0, 0.1) is 0 Å². The largest absolute Gasteiger partial charge is 0.481 e. The minimum absolute atomic E-state index is 0.337. The number of aliphatic hydroxyl groups excluding tert-OH is 10. The quantitative estimate of drug-likeness (QED) is 0.0495. The van der Waals surface area contributed by atoms with Gasteiger partial charge in [0.1, 0.15) is 48.8 Å². The van der Waals surface area contributed by atoms with E-state index in [4.69, 9.17) is 66.4 Å². The van der Waals surface area contributed by atoms with Crippen LogP contribution >= 0.6 is 0 Å². The summed E-state index contributed by atoms with van der Waals surface area (Å²) < 4.78 is 0. The normalized spacial score (nSPS) is 14.7. The number of carboxylic acid groups (broad SMARTS) is 3. The predicted molar refractivity (Wildman–Crippen MR) is 207 cm³/mol. The van der Waals surface area contributed by atoms with Gasteiger partial charge in [0.05, 0.1) is 13.2 Å². The summed E-state index contributed by atoms with van der Waals surface area (Å²) in [6.45, 7) is 7.00. The molecule has 13 N–H and O–H groups in total. The van der Waals surface area contributed by atoms with E-state index >= 15 is 0 Å². The van der Waals surface area contributed by atoms with E-state index in [-0.39, 0.29) is 0 Å². The molecule has 0 amide bonds. The molecule has 0 heterocycles. The molecule has 18 nitrogen and oxygen atoms in total. The molecule has 0 aliphatic carbocycles. The highest BCUT2D eigenvalue weighted by molar-refractivity contribution is 5.81. The fourth-order valence-electron chi connectivity index (χ4n) is 4.17. The van der Waals surface area contributed by atoms with Crippen molar-refractivity contribution in [2.24, 2.45) is 0 Å². The Balaban J connectivity index is -0.000000195. The number of Topliss-reactive ketones (excluding diaryl/α,β-unsaturated/α-hetero) is 2. The van der Waals surface area contributed by atoms with Crippen LogP contribution in [0.5, 0.6) is 0 Å². The number of aliphatic hydroxyl groups is 10. The predicted octanol–water partition coefficient (Wildman–Crippen LogP) is 1.32. The van der Waals surface area contributed by atoms with Gasteiger partial charge in [-0.3, -0.25) is 24.0 Å². The molecular weight excluding hydrogens is 744 g/mol. The van der Waals surface area contributed by atoms with Gasteiger partial charge in [-0.25, -0.2) is 0 Å². The summed E-state index contributed by atoms with van der Waals surface area (Å²) in [4.78, 5) is 51.2. The van der Waals surface area contributed by atoms with Crippen LogP contribution in [0.1, 0.15) is 150 Å². The van der Waals surface area contributed by atoms with Crippen molar-refractivity contribution < 1.29 is 90.4 Å². The van der Waals surface area contributed by atoms with Crippen molar-refractivity contribution >= 4 is 29.5 Å². The smallest absolute Gasteiger partial charge is 0.303 e. The Morgan fingerprint density at radius 3 is 0.750 bits per heavy atom. The molecule has 336 valence electrons. The Labute approximate surface area is 331 Å². The van der Waals surface area contributed by atoms with E-state index in [0.29, 0.717) is 19.3 Å². The lowest BCUT2D eigenvalue weighted by Crippen LogP contribution is -2.48. The molecule has 0 spiro atoms. The number of ketones is 2. The first-order chi connectivity index (χ1) is 26.1. The zero-order chi connectivity index (χ0) is 44.6. The molecule has 0 aromatic carbocycles. The van der Waals surface area contributed by atoms with E-state index in [1.165, 1.54) is 57.8 Å². The summed E-state index contributed by atoms with van der Waals surface area (Å²) in [5.74, 6) is -3.46. The van der Waals surface area contributed by atoms with E-state index < -0.39 is 91.5 Å². The van der Waals surface area contributed by atoms with Gasteiger partial charge in [-0.2, -0.15) is 0 Å². The van der Waals surface area contributed by atoms with Gasteiger partial charge in [-0.05, 0) is 33.1 Å². The zero-order valence-corrected chi connectivity index (χ0v) is 34.1. The highest BCUT2D eigenvalue weighted by Crippen LogP contribution is 2.08. The lowest BCUT2D eigenvalue weighted by molar-refractivity contribution is -0.145. The van der Waals surface area contributed by atoms with E-state index in [0.717, 1.165) is 52.4 Å². The average molecular weight is 821 g/mol. The SMILES string of the molecule is CC(=O)[C@H](O)[C@@H](O)[C@H](O)[C@H](O)CO.CC(=O)[C@H](O)[C@@H](O)[C@H](O)[C@H](O)CO.CCCCCCCC(=O)O.CCCCCCCC(=O)O.CCCCCCCC(=O)O. The molecule has 0 aliphatic rings. The second kappa shape index (κ2) is 43.5. The number of aliphatic carboxylic acids is 3. The van der Waals surface area contributed by atoms with E-state index in [1.807, 2.05) is 0 Å². The van der Waals surface area contributed by atoms with Crippen molar-refractivity contribution in [1.82, 2.24) is 0 Å². The average Bonchev–Trinajstić information content (AvgIpc) is 3.15. The maximum Gasteiger partial charge on any atom is 0.303 e. The lowest BCUT2D eigenvalue weighted by atomic mass is 10.0. The first kappa shape index (κ1) is 62.5. The van der Waals surface area contributed by atoms with Crippen molar-refractivity contribution in [3.05, 3.63) is 0 Å². The number of unbranched alkanes of at least 4 members (excludes halogenated alkanes) is 12. The number of carbonyl (C=O) groups excluding carboxylic acids is 2. The summed E-state index contributed by atoms with van der Waals surface area (Å²) in [6.07, 6.45) is 3.91. The summed E-state index contributed by atoms with van der Waals surface area (Å²) >= 11 is 0. The maximum absolute atomic E-state index is 10.5. The van der Waals surface area contributed by atoms with Crippen LogP contribution in [0.4, 0.5) is 0 Å². The van der Waals surface area contributed by atoms with Crippen molar-refractivity contribution in [3.63, 3.8) is 0 Å². The van der Waals surface area contributed by atoms with E-state index in [1.54, 1.807) is 0 Å². The van der Waals surface area contributed by atoms with Gasteiger partial charge in [0.25, 0.3) is 0 Å². The van der Waals surface area contributed by atoms with Gasteiger partial charge in [0.15, 0.2) is 11.6 Å². The molecule has 0 rings (SSSR count). The zero-order valence-electron chi connectivity index (χ0n) is 34.1. The first-order valence-corrected chi connectivity index (χ1v) is 19.5. The highest BCUT2D eigenvalue weighted by Gasteiger charge is 2.33. The minimum atomic E-state index is -1.79. The second-order valence-corrected chi connectivity index (χ2v) is 13.2. The number of rotatable bonds is 28. The van der Waals surface area contributed by atoms with Crippen LogP contribution in [0.25, 0.3) is 0 Å². The molecule has 0 unspecified atom stereocenters. The van der Waals surface area contributed by atoms with E-state index in [9.17, 15) is 24.0 Å². The van der Waals surface area contributed by atoms with Gasteiger partial charge in [-0.15, -0.1) is 0 Å². The Kier molecular flexibility index (Phi) is 48.6. The topological polar surface area (TPSA) is 348 Å². The van der Waals surface area contributed by atoms with Crippen LogP contribution in [-0.2, 0) is 24.0 Å². The molecule has 8 atom stereocenters. The monoisotopic (exact) mass is 821 g/mol. The Morgan fingerprint density at radius 2 is 0.589 bits per heavy atom. The van der Waals surface area contributed by atoms with Crippen LogP contribution in [0.3, 0.4) is 0 Å². The van der Waals surface area contributed by atoms with Crippen LogP contribution in [0.15, 0.2) is 0 Å². The second-order valence-electron chi connectivity index (χ2n) is 13.2. The van der Waals surface area contributed by atoms with Crippen LogP contribution in [-0.4, -0.2) is 158 Å². The molecule has 0 aromatic heterocycles. The summed E-state index contributed by atoms with van der Waals surface area (Å²) in [5.41, 5.74) is 0. The van der Waals surface area contributed by atoms with Gasteiger partial charge in [0.2, 0.25) is 0 Å². The molecule has 0 saturated heterocycles. The highest BCUT2D eigenvalue weighted by atomic mass is 16.4. The number of hydrogen-bond donors (Lipinski definition) is 13. The fraction of sp³-hybridized carbons (Fsp3) is 0.868. The molecular formula is C38H76O18. The third kappa shape index (κ3) is 44.1. The maximum atomic E-state index is 10.5. The molecule has 56 heavy (non-hydrogen) atoms. The molecule has 0 fully saturated rings. The first-order valence-electron chi connectivity index (χ1n) is 19.5. The molecule has 18 heteroatoms. The Hall–Kier alpha value is -2.65. The summed E-state index contributed by atoms with van der Waals surface area (Å²) in [5, 5.41) is 113. The standard InChI is InChI=1S/3C8H16O2.2C7H14O6/c3*1-2-3-4-5-6-7-8(9)10;2*1-3(9)5(11)7(13)6(12)4(10)2-8/h3*2-7H2,1H3,(H,9,10);2*4-8,10-13H,2H2,1H3/t;;;2*4-,5+,6-,7-/m...11/s1. The number of carboxylic acids is 3. The number of carbonyl (C=O) groups is 5. The van der Waals surface area contributed by atoms with Gasteiger partial charge in [0, 0.05) is 19.3 Å². The molecule has 0 bridgehead atoms. The number of hydrogen-bond acceptors (Lipinski definition) is 15. The van der Waals surface area contributed by atoms with Crippen LogP contribution < -0.4 is 0 Å². The van der Waals surface area contributed by atoms with Gasteiger partial charge in [-0.1, -0.05) is 97.8 Å². The van der Waals surface area contributed by atoms with Gasteiger partial charge >= 0.3 is 17.9 Å². The van der Waals surface area contributed by atoms with Crippen molar-refractivity contribution in [1.29, 1.82) is 0 Å². The molecule has 0 saturated carbocycles. The summed E-state index contributed by atoms with van der Waals surface area (Å²) in [7, 11) is 0. The lowest BCUT2D eigenvalue weighted by Gasteiger charge is -2.23. The van der Waals surface area contributed by atoms with Gasteiger partial charge < -0.3 is 66.4 Å². The molecule has 0 aromatic rings. The third-order valence-electron chi connectivity index (χ3n) is 7.82. The van der Waals surface area contributed by atoms with Crippen molar-refractivity contribution in [3.8, 4) is 0 Å². The molecule has 0 radical (unpaired) electrons. The fourth-order valence-corrected chi connectivity index (χ4v) is 4.17. The molecule has 0 aliphatic heterocycles. The Morgan fingerprint density at radius 1 is 0.375 bits per heavy atom. The Bertz CT molecular complexity index is 855. The van der Waals surface area contributed by atoms with Crippen LogP contribution in [0.2, 0.25) is 0 Å².